The van der Waals surface area contributed by atoms with E-state index in [4.69, 9.17) is 11.6 Å². The summed E-state index contributed by atoms with van der Waals surface area (Å²) >= 11 is 5.91. The summed E-state index contributed by atoms with van der Waals surface area (Å²) in [6, 6.07) is 9.06. The Morgan fingerprint density at radius 2 is 1.52 bits per heavy atom. The molecule has 0 unspecified atom stereocenters. The maximum absolute atomic E-state index is 12.8. The van der Waals surface area contributed by atoms with Crippen LogP contribution >= 0.6 is 11.6 Å². The Kier molecular flexibility index (Phi) is 3.64. The monoisotopic (exact) mass is 339 g/mol. The van der Waals surface area contributed by atoms with Crippen LogP contribution < -0.4 is 0 Å². The van der Waals surface area contributed by atoms with Crippen molar-refractivity contribution in [3.63, 3.8) is 0 Å². The molecule has 0 bridgehead atoms. The molecule has 1 heterocycles. The molecule has 2 aromatic carbocycles. The number of hydrogen-bond acceptors (Lipinski definition) is 2. The lowest BCUT2D eigenvalue weighted by molar-refractivity contribution is -0.137. The SMILES string of the molecule is O=C1c2ccccc2C(=O)N1Cc1cc(C(F)(F)F)ccc1Cl. The van der Waals surface area contributed by atoms with Crippen LogP contribution in [0.2, 0.25) is 5.02 Å². The van der Waals surface area contributed by atoms with E-state index in [1.807, 2.05) is 0 Å². The topological polar surface area (TPSA) is 37.4 Å². The lowest BCUT2D eigenvalue weighted by Gasteiger charge is -2.16. The Bertz CT molecular complexity index is 782. The molecule has 0 saturated carbocycles. The summed E-state index contributed by atoms with van der Waals surface area (Å²) in [6.07, 6.45) is -4.53. The van der Waals surface area contributed by atoms with Crippen molar-refractivity contribution in [2.24, 2.45) is 0 Å². The number of benzene rings is 2. The summed E-state index contributed by atoms with van der Waals surface area (Å²) in [6.45, 7) is -0.310. The van der Waals surface area contributed by atoms with E-state index in [-0.39, 0.29) is 28.3 Å². The van der Waals surface area contributed by atoms with Crippen LogP contribution in [-0.4, -0.2) is 16.7 Å². The predicted octanol–water partition coefficient (Wildman–Crippen LogP) is 4.16. The lowest BCUT2D eigenvalue weighted by Crippen LogP contribution is -2.29. The second kappa shape index (κ2) is 5.38. The lowest BCUT2D eigenvalue weighted by atomic mass is 10.1. The highest BCUT2D eigenvalue weighted by Crippen LogP contribution is 2.33. The van der Waals surface area contributed by atoms with E-state index in [0.29, 0.717) is 0 Å². The summed E-state index contributed by atoms with van der Waals surface area (Å²) < 4.78 is 38.4. The number of imide groups is 1. The number of hydrogen-bond donors (Lipinski definition) is 0. The van der Waals surface area contributed by atoms with Crippen LogP contribution in [0, 0.1) is 0 Å². The van der Waals surface area contributed by atoms with Crippen LogP contribution in [0.4, 0.5) is 13.2 Å². The molecule has 1 aliphatic heterocycles. The summed E-state index contributed by atoms with van der Waals surface area (Å²) in [7, 11) is 0. The maximum atomic E-state index is 12.8. The van der Waals surface area contributed by atoms with Crippen LogP contribution in [0.1, 0.15) is 31.8 Å². The summed E-state index contributed by atoms with van der Waals surface area (Å²) in [5.41, 5.74) is -0.342. The van der Waals surface area contributed by atoms with E-state index < -0.39 is 23.6 Å². The van der Waals surface area contributed by atoms with E-state index in [1.54, 1.807) is 12.1 Å². The molecule has 0 aliphatic carbocycles. The number of nitrogens with zero attached hydrogens (tertiary/aromatic N) is 1. The molecule has 0 fully saturated rings. The molecular formula is C16H9ClF3NO2. The summed E-state index contributed by atoms with van der Waals surface area (Å²) in [5.74, 6) is -1.09. The normalized spacial score (nSPS) is 14.3. The summed E-state index contributed by atoms with van der Waals surface area (Å²) in [5, 5.41) is 0.0644. The molecule has 3 nitrogen and oxygen atoms in total. The standard InChI is InChI=1S/C16H9ClF3NO2/c17-13-6-5-10(16(18,19)20)7-9(13)8-21-14(22)11-3-1-2-4-12(11)15(21)23/h1-7H,8H2. The highest BCUT2D eigenvalue weighted by Gasteiger charge is 2.36. The quantitative estimate of drug-likeness (QED) is 0.771. The van der Waals surface area contributed by atoms with Crippen LogP contribution in [0.5, 0.6) is 0 Å². The van der Waals surface area contributed by atoms with Crippen LogP contribution in [0.3, 0.4) is 0 Å². The minimum atomic E-state index is -4.53. The Hall–Kier alpha value is -2.34. The van der Waals surface area contributed by atoms with Crippen molar-refractivity contribution in [2.75, 3.05) is 0 Å². The Morgan fingerprint density at radius 1 is 0.957 bits per heavy atom. The van der Waals surface area contributed by atoms with Crippen LogP contribution in [0.25, 0.3) is 0 Å². The van der Waals surface area contributed by atoms with Gasteiger partial charge in [-0.05, 0) is 35.9 Å². The first kappa shape index (κ1) is 15.6. The molecule has 1 aliphatic rings. The Balaban J connectivity index is 1.95. The average Bonchev–Trinajstić information content (AvgIpc) is 2.74. The van der Waals surface area contributed by atoms with Gasteiger partial charge in [0.15, 0.2) is 0 Å². The van der Waals surface area contributed by atoms with Gasteiger partial charge in [-0.3, -0.25) is 14.5 Å². The number of halogens is 4. The average molecular weight is 340 g/mol. The minimum absolute atomic E-state index is 0.0644. The smallest absolute Gasteiger partial charge is 0.270 e. The molecule has 0 saturated heterocycles. The molecule has 0 radical (unpaired) electrons. The first-order valence-electron chi connectivity index (χ1n) is 6.60. The summed E-state index contributed by atoms with van der Waals surface area (Å²) in [4.78, 5) is 25.4. The molecule has 2 amide bonds. The third kappa shape index (κ3) is 2.70. The van der Waals surface area contributed by atoms with Crippen molar-refractivity contribution in [3.8, 4) is 0 Å². The van der Waals surface area contributed by atoms with Gasteiger partial charge in [-0.15, -0.1) is 0 Å². The van der Waals surface area contributed by atoms with Crippen molar-refractivity contribution in [1.29, 1.82) is 0 Å². The largest absolute Gasteiger partial charge is 0.416 e. The number of carbonyl (C=O) groups is 2. The maximum Gasteiger partial charge on any atom is 0.416 e. The first-order valence-corrected chi connectivity index (χ1v) is 6.97. The van der Waals surface area contributed by atoms with Gasteiger partial charge < -0.3 is 0 Å². The molecule has 0 atom stereocenters. The second-order valence-electron chi connectivity index (χ2n) is 5.05. The van der Waals surface area contributed by atoms with Gasteiger partial charge in [0.1, 0.15) is 0 Å². The second-order valence-corrected chi connectivity index (χ2v) is 5.45. The molecule has 0 spiro atoms. The third-order valence-corrected chi connectivity index (χ3v) is 3.95. The number of rotatable bonds is 2. The van der Waals surface area contributed by atoms with Gasteiger partial charge in [-0.1, -0.05) is 23.7 Å². The predicted molar refractivity (Wildman–Crippen MR) is 77.1 cm³/mol. The fraction of sp³-hybridized carbons (Fsp3) is 0.125. The number of amides is 2. The van der Waals surface area contributed by atoms with E-state index in [9.17, 15) is 22.8 Å². The van der Waals surface area contributed by atoms with Crippen molar-refractivity contribution in [2.45, 2.75) is 12.7 Å². The Labute approximate surface area is 134 Å². The fourth-order valence-corrected chi connectivity index (χ4v) is 2.60. The highest BCUT2D eigenvalue weighted by atomic mass is 35.5. The van der Waals surface area contributed by atoms with E-state index in [1.165, 1.54) is 12.1 Å². The van der Waals surface area contributed by atoms with Crippen molar-refractivity contribution in [1.82, 2.24) is 4.90 Å². The van der Waals surface area contributed by atoms with Crippen LogP contribution in [-0.2, 0) is 12.7 Å². The van der Waals surface area contributed by atoms with Gasteiger partial charge in [0, 0.05) is 5.02 Å². The van der Waals surface area contributed by atoms with Gasteiger partial charge in [0.2, 0.25) is 0 Å². The number of alkyl halides is 3. The first-order chi connectivity index (χ1) is 10.8. The molecule has 3 rings (SSSR count). The Morgan fingerprint density at radius 3 is 2.04 bits per heavy atom. The van der Waals surface area contributed by atoms with E-state index in [2.05, 4.69) is 0 Å². The van der Waals surface area contributed by atoms with Gasteiger partial charge in [-0.25, -0.2) is 0 Å². The molecule has 118 valence electrons. The van der Waals surface area contributed by atoms with Gasteiger partial charge in [-0.2, -0.15) is 13.2 Å². The molecule has 23 heavy (non-hydrogen) atoms. The van der Waals surface area contributed by atoms with Gasteiger partial charge in [0.05, 0.1) is 23.2 Å². The van der Waals surface area contributed by atoms with Crippen molar-refractivity contribution in [3.05, 3.63) is 69.7 Å². The molecule has 0 aromatic heterocycles. The van der Waals surface area contributed by atoms with E-state index >= 15 is 0 Å². The zero-order chi connectivity index (χ0) is 16.8. The molecule has 2 aromatic rings. The number of carbonyl (C=O) groups excluding carboxylic acids is 2. The molecule has 0 N–H and O–H groups in total. The highest BCUT2D eigenvalue weighted by molar-refractivity contribution is 6.31. The molecular weight excluding hydrogens is 331 g/mol. The zero-order valence-electron chi connectivity index (χ0n) is 11.5. The fourth-order valence-electron chi connectivity index (χ4n) is 2.43. The number of fused-ring (bicyclic) bond motifs is 1. The van der Waals surface area contributed by atoms with E-state index in [0.717, 1.165) is 23.1 Å². The van der Waals surface area contributed by atoms with Crippen LogP contribution in [0.15, 0.2) is 42.5 Å². The third-order valence-electron chi connectivity index (χ3n) is 3.58. The zero-order valence-corrected chi connectivity index (χ0v) is 12.3. The molecule has 7 heteroatoms. The minimum Gasteiger partial charge on any atom is -0.270 e. The van der Waals surface area contributed by atoms with Crippen molar-refractivity contribution < 1.29 is 22.8 Å². The van der Waals surface area contributed by atoms with Gasteiger partial charge in [0.25, 0.3) is 11.8 Å². The van der Waals surface area contributed by atoms with Gasteiger partial charge >= 0.3 is 6.18 Å². The van der Waals surface area contributed by atoms with Crippen molar-refractivity contribution >= 4 is 23.4 Å².